The zero-order chi connectivity index (χ0) is 13.8. The highest BCUT2D eigenvalue weighted by Gasteiger charge is 2.27. The molecule has 1 aromatic rings. The second kappa shape index (κ2) is 6.15. The topological polar surface area (TPSA) is 44.3 Å². The molecule has 3 heteroatoms. The number of aliphatic hydroxyl groups is 1. The van der Waals surface area contributed by atoms with Crippen LogP contribution in [0.5, 0.6) is 0 Å². The molecule has 0 amide bonds. The largest absolute Gasteiger partial charge is 0.389 e. The first-order chi connectivity index (χ1) is 9.77. The number of anilines is 1. The zero-order valence-corrected chi connectivity index (χ0v) is 12.3. The van der Waals surface area contributed by atoms with Gasteiger partial charge in [0, 0.05) is 25.3 Å². The molecule has 2 aliphatic rings. The van der Waals surface area contributed by atoms with Crippen LogP contribution < -0.4 is 10.6 Å². The fraction of sp³-hybridized carbons (Fsp3) is 0.647. The van der Waals surface area contributed by atoms with Gasteiger partial charge in [0.25, 0.3) is 0 Å². The van der Waals surface area contributed by atoms with Gasteiger partial charge < -0.3 is 15.7 Å². The van der Waals surface area contributed by atoms with Crippen LogP contribution in [0.1, 0.15) is 49.7 Å². The zero-order valence-electron chi connectivity index (χ0n) is 12.3. The lowest BCUT2D eigenvalue weighted by Crippen LogP contribution is -2.39. The molecule has 0 saturated heterocycles. The third-order valence-corrected chi connectivity index (χ3v) is 4.74. The summed E-state index contributed by atoms with van der Waals surface area (Å²) in [7, 11) is 0. The van der Waals surface area contributed by atoms with Crippen molar-refractivity contribution < 1.29 is 5.11 Å². The summed E-state index contributed by atoms with van der Waals surface area (Å²) in [6.07, 6.45) is 7.92. The number of para-hydroxylation sites is 1. The van der Waals surface area contributed by atoms with E-state index in [1.165, 1.54) is 42.5 Å². The molecule has 0 bridgehead atoms. The van der Waals surface area contributed by atoms with Crippen LogP contribution in [0.4, 0.5) is 5.69 Å². The molecule has 1 aliphatic heterocycles. The highest BCUT2D eigenvalue weighted by atomic mass is 16.3. The monoisotopic (exact) mass is 274 g/mol. The van der Waals surface area contributed by atoms with Crippen molar-refractivity contribution in [2.24, 2.45) is 0 Å². The number of rotatable bonds is 4. The van der Waals surface area contributed by atoms with Crippen LogP contribution in [0.25, 0.3) is 0 Å². The van der Waals surface area contributed by atoms with Crippen molar-refractivity contribution in [2.75, 3.05) is 18.4 Å². The van der Waals surface area contributed by atoms with Crippen LogP contribution in [0.2, 0.25) is 0 Å². The Morgan fingerprint density at radius 2 is 1.95 bits per heavy atom. The molecule has 0 spiro atoms. The molecule has 0 aromatic heterocycles. The quantitative estimate of drug-likeness (QED) is 0.740. The Morgan fingerprint density at radius 3 is 2.75 bits per heavy atom. The minimum absolute atomic E-state index is 0.484. The Labute approximate surface area is 121 Å². The molecule has 0 atom stereocenters. The van der Waals surface area contributed by atoms with Crippen molar-refractivity contribution >= 4 is 5.69 Å². The molecule has 1 heterocycles. The van der Waals surface area contributed by atoms with E-state index >= 15 is 0 Å². The lowest BCUT2D eigenvalue weighted by atomic mass is 9.94. The van der Waals surface area contributed by atoms with Crippen molar-refractivity contribution in [3.8, 4) is 0 Å². The number of benzene rings is 1. The van der Waals surface area contributed by atoms with Crippen LogP contribution in [0, 0.1) is 0 Å². The van der Waals surface area contributed by atoms with Crippen LogP contribution in [0.3, 0.4) is 0 Å². The van der Waals surface area contributed by atoms with E-state index in [0.29, 0.717) is 0 Å². The first kappa shape index (κ1) is 13.9. The van der Waals surface area contributed by atoms with Gasteiger partial charge in [0.1, 0.15) is 0 Å². The molecule has 3 nitrogen and oxygen atoms in total. The summed E-state index contributed by atoms with van der Waals surface area (Å²) < 4.78 is 0. The van der Waals surface area contributed by atoms with Crippen LogP contribution in [-0.2, 0) is 13.0 Å². The van der Waals surface area contributed by atoms with Crippen LogP contribution >= 0.6 is 0 Å². The third kappa shape index (κ3) is 3.15. The van der Waals surface area contributed by atoms with Crippen molar-refractivity contribution in [1.29, 1.82) is 0 Å². The van der Waals surface area contributed by atoms with E-state index < -0.39 is 5.60 Å². The van der Waals surface area contributed by atoms with Gasteiger partial charge in [0.2, 0.25) is 0 Å². The van der Waals surface area contributed by atoms with Gasteiger partial charge >= 0.3 is 0 Å². The molecule has 1 aliphatic carbocycles. The smallest absolute Gasteiger partial charge is 0.0771 e. The molecule has 1 saturated carbocycles. The molecule has 0 radical (unpaired) electrons. The number of fused-ring (bicyclic) bond motifs is 1. The Hall–Kier alpha value is -1.06. The van der Waals surface area contributed by atoms with Crippen LogP contribution in [-0.4, -0.2) is 23.8 Å². The standard InChI is InChI=1S/C17H26N2O/c20-17(9-3-1-2-4-10-17)13-18-12-15-7-5-6-14-8-11-19-16(14)15/h5-7,18-20H,1-4,8-13H2. The molecule has 1 aromatic carbocycles. The van der Waals surface area contributed by atoms with E-state index in [2.05, 4.69) is 28.8 Å². The van der Waals surface area contributed by atoms with Crippen molar-refractivity contribution in [1.82, 2.24) is 5.32 Å². The highest BCUT2D eigenvalue weighted by Crippen LogP contribution is 2.28. The Balaban J connectivity index is 1.56. The molecule has 3 N–H and O–H groups in total. The maximum absolute atomic E-state index is 10.6. The minimum atomic E-state index is -0.484. The molecular formula is C17H26N2O. The van der Waals surface area contributed by atoms with E-state index in [-0.39, 0.29) is 0 Å². The summed E-state index contributed by atoms with van der Waals surface area (Å²) in [6, 6.07) is 6.53. The summed E-state index contributed by atoms with van der Waals surface area (Å²) >= 11 is 0. The van der Waals surface area contributed by atoms with Crippen molar-refractivity contribution in [3.05, 3.63) is 29.3 Å². The summed E-state index contributed by atoms with van der Waals surface area (Å²) in [5.74, 6) is 0. The molecule has 0 unspecified atom stereocenters. The third-order valence-electron chi connectivity index (χ3n) is 4.74. The number of nitrogens with one attached hydrogen (secondary N) is 2. The first-order valence-corrected chi connectivity index (χ1v) is 8.05. The van der Waals surface area contributed by atoms with Gasteiger partial charge in [-0.1, -0.05) is 43.9 Å². The molecule has 110 valence electrons. The molecular weight excluding hydrogens is 248 g/mol. The predicted molar refractivity (Wildman–Crippen MR) is 83.0 cm³/mol. The van der Waals surface area contributed by atoms with Gasteiger partial charge in [-0.3, -0.25) is 0 Å². The SMILES string of the molecule is OC1(CNCc2cccc3c2NCC3)CCCCCC1. The molecule has 3 rings (SSSR count). The lowest BCUT2D eigenvalue weighted by molar-refractivity contribution is 0.0250. The maximum atomic E-state index is 10.6. The fourth-order valence-electron chi connectivity index (χ4n) is 3.55. The fourth-order valence-corrected chi connectivity index (χ4v) is 3.55. The van der Waals surface area contributed by atoms with E-state index in [1.54, 1.807) is 0 Å². The van der Waals surface area contributed by atoms with E-state index in [0.717, 1.165) is 38.9 Å². The lowest BCUT2D eigenvalue weighted by Gasteiger charge is -2.27. The van der Waals surface area contributed by atoms with E-state index in [9.17, 15) is 5.11 Å². The predicted octanol–water partition coefficient (Wildman–Crippen LogP) is 2.83. The maximum Gasteiger partial charge on any atom is 0.0771 e. The van der Waals surface area contributed by atoms with Gasteiger partial charge in [0.05, 0.1) is 5.60 Å². The molecule has 1 fully saturated rings. The van der Waals surface area contributed by atoms with Gasteiger partial charge in [-0.25, -0.2) is 0 Å². The molecule has 20 heavy (non-hydrogen) atoms. The number of hydrogen-bond acceptors (Lipinski definition) is 3. The summed E-state index contributed by atoms with van der Waals surface area (Å²) in [5.41, 5.74) is 3.59. The van der Waals surface area contributed by atoms with E-state index in [1.807, 2.05) is 0 Å². The van der Waals surface area contributed by atoms with Crippen LogP contribution in [0.15, 0.2) is 18.2 Å². The second-order valence-corrected chi connectivity index (χ2v) is 6.37. The van der Waals surface area contributed by atoms with Gasteiger partial charge in [-0.05, 0) is 30.4 Å². The average Bonchev–Trinajstić information content (AvgIpc) is 2.82. The first-order valence-electron chi connectivity index (χ1n) is 8.05. The van der Waals surface area contributed by atoms with Crippen molar-refractivity contribution in [3.63, 3.8) is 0 Å². The normalized spacial score (nSPS) is 21.1. The van der Waals surface area contributed by atoms with Gasteiger partial charge in [0.15, 0.2) is 0 Å². The summed E-state index contributed by atoms with van der Waals surface area (Å²) in [4.78, 5) is 0. The Morgan fingerprint density at radius 1 is 1.15 bits per heavy atom. The van der Waals surface area contributed by atoms with E-state index in [4.69, 9.17) is 0 Å². The Kier molecular flexibility index (Phi) is 4.27. The minimum Gasteiger partial charge on any atom is -0.389 e. The average molecular weight is 274 g/mol. The number of hydrogen-bond donors (Lipinski definition) is 3. The summed E-state index contributed by atoms with van der Waals surface area (Å²) in [6.45, 7) is 2.62. The van der Waals surface area contributed by atoms with Gasteiger partial charge in [-0.15, -0.1) is 0 Å². The van der Waals surface area contributed by atoms with Crippen molar-refractivity contribution in [2.45, 2.75) is 57.1 Å². The highest BCUT2D eigenvalue weighted by molar-refractivity contribution is 5.61. The Bertz CT molecular complexity index is 450. The van der Waals surface area contributed by atoms with Gasteiger partial charge in [-0.2, -0.15) is 0 Å². The summed E-state index contributed by atoms with van der Waals surface area (Å²) in [5, 5.41) is 17.6. The second-order valence-electron chi connectivity index (χ2n) is 6.37.